The number of rotatable bonds is 7. The van der Waals surface area contributed by atoms with Gasteiger partial charge in [0.15, 0.2) is 0 Å². The number of hydrogen-bond donors (Lipinski definition) is 0. The van der Waals surface area contributed by atoms with Crippen molar-refractivity contribution >= 4 is 11.9 Å². The summed E-state index contributed by atoms with van der Waals surface area (Å²) in [6.45, 7) is 3.66. The van der Waals surface area contributed by atoms with E-state index in [1.54, 1.807) is 13.8 Å². The number of hydrogen-bond acceptors (Lipinski definition) is 4. The highest BCUT2D eigenvalue weighted by atomic mass is 19.3. The lowest BCUT2D eigenvalue weighted by Gasteiger charge is -2.13. The van der Waals surface area contributed by atoms with E-state index in [4.69, 9.17) is 9.47 Å². The average Bonchev–Trinajstić information content (AvgIpc) is 2.45. The van der Waals surface area contributed by atoms with Crippen molar-refractivity contribution in [2.24, 2.45) is 0 Å². The van der Waals surface area contributed by atoms with E-state index in [0.717, 1.165) is 0 Å². The van der Waals surface area contributed by atoms with E-state index >= 15 is 0 Å². The third-order valence-electron chi connectivity index (χ3n) is 2.83. The molecule has 0 radical (unpaired) electrons. The van der Waals surface area contributed by atoms with Crippen molar-refractivity contribution in [1.29, 1.82) is 0 Å². The normalized spacial score (nSPS) is 10.5. The quantitative estimate of drug-likeness (QED) is 0.725. The van der Waals surface area contributed by atoms with Gasteiger partial charge in [-0.25, -0.2) is 13.6 Å². The molecule has 6 heteroatoms. The Bertz CT molecular complexity index is 500. The summed E-state index contributed by atoms with van der Waals surface area (Å²) in [6, 6.07) is 4.04. The average molecular weight is 300 g/mol. The number of carbonyl (C=O) groups is 2. The van der Waals surface area contributed by atoms with E-state index in [0.29, 0.717) is 0 Å². The van der Waals surface area contributed by atoms with Crippen LogP contribution in [0.4, 0.5) is 8.78 Å². The molecule has 1 aromatic carbocycles. The zero-order valence-electron chi connectivity index (χ0n) is 12.0. The van der Waals surface area contributed by atoms with Gasteiger partial charge in [0.2, 0.25) is 0 Å². The molecular formula is C15H18F2O4. The van der Waals surface area contributed by atoms with Crippen molar-refractivity contribution in [3.63, 3.8) is 0 Å². The first kappa shape index (κ1) is 17.1. The van der Waals surface area contributed by atoms with Gasteiger partial charge in [0.05, 0.1) is 18.8 Å². The van der Waals surface area contributed by atoms with E-state index in [2.05, 4.69) is 0 Å². The molecule has 1 aromatic rings. The summed E-state index contributed by atoms with van der Waals surface area (Å²) >= 11 is 0. The monoisotopic (exact) mass is 300 g/mol. The summed E-state index contributed by atoms with van der Waals surface area (Å²) < 4.78 is 35.7. The zero-order valence-corrected chi connectivity index (χ0v) is 12.0. The first-order chi connectivity index (χ1) is 10.0. The molecule has 0 heterocycles. The highest BCUT2D eigenvalue weighted by Crippen LogP contribution is 2.27. The third kappa shape index (κ3) is 4.81. The van der Waals surface area contributed by atoms with Crippen LogP contribution in [0.2, 0.25) is 0 Å². The van der Waals surface area contributed by atoms with Gasteiger partial charge in [-0.3, -0.25) is 4.79 Å². The fraction of sp³-hybridized carbons (Fsp3) is 0.467. The SMILES string of the molecule is CCOC(=O)CCc1c(C(=O)OCC)cccc1C(F)F. The molecule has 0 spiro atoms. The van der Waals surface area contributed by atoms with Crippen LogP contribution < -0.4 is 0 Å². The summed E-state index contributed by atoms with van der Waals surface area (Å²) in [6.07, 6.45) is -2.78. The van der Waals surface area contributed by atoms with Gasteiger partial charge in [-0.05, 0) is 31.9 Å². The van der Waals surface area contributed by atoms with E-state index in [1.165, 1.54) is 18.2 Å². The number of halogens is 2. The van der Waals surface area contributed by atoms with E-state index in [9.17, 15) is 18.4 Å². The molecule has 0 aliphatic heterocycles. The summed E-state index contributed by atoms with van der Waals surface area (Å²) in [5.41, 5.74) is -0.0530. The van der Waals surface area contributed by atoms with Crippen LogP contribution in [0.25, 0.3) is 0 Å². The van der Waals surface area contributed by atoms with Crippen LogP contribution in [0.3, 0.4) is 0 Å². The fourth-order valence-corrected chi connectivity index (χ4v) is 1.95. The van der Waals surface area contributed by atoms with Crippen molar-refractivity contribution in [2.75, 3.05) is 13.2 Å². The van der Waals surface area contributed by atoms with Gasteiger partial charge >= 0.3 is 11.9 Å². The van der Waals surface area contributed by atoms with Gasteiger partial charge in [0.1, 0.15) is 0 Å². The third-order valence-corrected chi connectivity index (χ3v) is 2.83. The minimum atomic E-state index is -2.73. The first-order valence-electron chi connectivity index (χ1n) is 6.73. The van der Waals surface area contributed by atoms with Gasteiger partial charge in [0.25, 0.3) is 6.43 Å². The molecule has 0 aliphatic rings. The topological polar surface area (TPSA) is 52.6 Å². The number of benzene rings is 1. The van der Waals surface area contributed by atoms with Crippen LogP contribution in [-0.4, -0.2) is 25.2 Å². The highest BCUT2D eigenvalue weighted by Gasteiger charge is 2.21. The predicted molar refractivity (Wildman–Crippen MR) is 72.3 cm³/mol. The molecule has 0 saturated heterocycles. The van der Waals surface area contributed by atoms with Gasteiger partial charge in [-0.2, -0.15) is 0 Å². The number of carbonyl (C=O) groups excluding carboxylic acids is 2. The smallest absolute Gasteiger partial charge is 0.338 e. The molecule has 0 bridgehead atoms. The molecule has 0 N–H and O–H groups in total. The summed E-state index contributed by atoms with van der Waals surface area (Å²) in [5, 5.41) is 0. The second-order valence-electron chi connectivity index (χ2n) is 4.20. The molecule has 0 unspecified atom stereocenters. The second-order valence-corrected chi connectivity index (χ2v) is 4.20. The van der Waals surface area contributed by atoms with Crippen LogP contribution in [0.5, 0.6) is 0 Å². The maximum Gasteiger partial charge on any atom is 0.338 e. The lowest BCUT2D eigenvalue weighted by molar-refractivity contribution is -0.143. The van der Waals surface area contributed by atoms with Crippen molar-refractivity contribution in [2.45, 2.75) is 33.1 Å². The predicted octanol–water partition coefficient (Wildman–Crippen LogP) is 3.30. The maximum atomic E-state index is 13.1. The molecule has 116 valence electrons. The van der Waals surface area contributed by atoms with Crippen LogP contribution in [-0.2, 0) is 20.7 Å². The molecule has 4 nitrogen and oxygen atoms in total. The largest absolute Gasteiger partial charge is 0.466 e. The molecule has 0 saturated carbocycles. The lowest BCUT2D eigenvalue weighted by atomic mass is 9.97. The lowest BCUT2D eigenvalue weighted by Crippen LogP contribution is -2.13. The molecule has 0 fully saturated rings. The Morgan fingerprint density at radius 2 is 1.81 bits per heavy atom. The second kappa shape index (κ2) is 8.34. The van der Waals surface area contributed by atoms with Crippen LogP contribution >= 0.6 is 0 Å². The molecule has 21 heavy (non-hydrogen) atoms. The molecule has 0 aromatic heterocycles. The Hall–Kier alpha value is -1.98. The van der Waals surface area contributed by atoms with Crippen molar-refractivity contribution in [1.82, 2.24) is 0 Å². The summed E-state index contributed by atoms with van der Waals surface area (Å²) in [7, 11) is 0. The molecule has 1 rings (SSSR count). The van der Waals surface area contributed by atoms with Crippen LogP contribution in [0, 0.1) is 0 Å². The molecule has 0 amide bonds. The van der Waals surface area contributed by atoms with Crippen molar-refractivity contribution < 1.29 is 27.8 Å². The molecular weight excluding hydrogens is 282 g/mol. The minimum absolute atomic E-state index is 0.00743. The summed E-state index contributed by atoms with van der Waals surface area (Å²) in [5.74, 6) is -1.16. The Balaban J connectivity index is 3.05. The Labute approximate surface area is 122 Å². The van der Waals surface area contributed by atoms with Crippen molar-refractivity contribution in [3.8, 4) is 0 Å². The number of alkyl halides is 2. The Morgan fingerprint density at radius 3 is 2.38 bits per heavy atom. The first-order valence-corrected chi connectivity index (χ1v) is 6.73. The zero-order chi connectivity index (χ0) is 15.8. The van der Waals surface area contributed by atoms with E-state index < -0.39 is 18.4 Å². The van der Waals surface area contributed by atoms with Crippen LogP contribution in [0.15, 0.2) is 18.2 Å². The van der Waals surface area contributed by atoms with Crippen molar-refractivity contribution in [3.05, 3.63) is 34.9 Å². The van der Waals surface area contributed by atoms with Gasteiger partial charge in [0, 0.05) is 12.0 Å². The fourth-order valence-electron chi connectivity index (χ4n) is 1.95. The van der Waals surface area contributed by atoms with Gasteiger partial charge < -0.3 is 9.47 Å². The Kier molecular flexibility index (Phi) is 6.78. The summed E-state index contributed by atoms with van der Waals surface area (Å²) in [4.78, 5) is 23.2. The van der Waals surface area contributed by atoms with E-state index in [1.807, 2.05) is 0 Å². The standard InChI is InChI=1S/C15H18F2O4/c1-3-20-13(18)9-8-10-11(14(16)17)6-5-7-12(10)15(19)21-4-2/h5-7,14H,3-4,8-9H2,1-2H3. The Morgan fingerprint density at radius 1 is 1.14 bits per heavy atom. The van der Waals surface area contributed by atoms with E-state index in [-0.39, 0.29) is 42.7 Å². The number of esters is 2. The highest BCUT2D eigenvalue weighted by molar-refractivity contribution is 5.91. The molecule has 0 aliphatic carbocycles. The van der Waals surface area contributed by atoms with Gasteiger partial charge in [-0.15, -0.1) is 0 Å². The number of ether oxygens (including phenoxy) is 2. The van der Waals surface area contributed by atoms with Crippen LogP contribution in [0.1, 0.15) is 48.2 Å². The van der Waals surface area contributed by atoms with Gasteiger partial charge in [-0.1, -0.05) is 12.1 Å². The molecule has 0 atom stereocenters. The maximum absolute atomic E-state index is 13.1. The minimum Gasteiger partial charge on any atom is -0.466 e.